The molecule has 0 amide bonds. The summed E-state index contributed by atoms with van der Waals surface area (Å²) in [4.78, 5) is 12.0. The molecule has 1 unspecified atom stereocenters. The summed E-state index contributed by atoms with van der Waals surface area (Å²) in [5, 5.41) is 0. The number of methoxy groups -OCH3 is 1. The Bertz CT molecular complexity index is 536. The summed E-state index contributed by atoms with van der Waals surface area (Å²) in [5.74, 6) is 1.23. The molecule has 0 saturated heterocycles. The van der Waals surface area contributed by atoms with Gasteiger partial charge < -0.3 is 14.2 Å². The molecular formula is C18H26O4. The van der Waals surface area contributed by atoms with Crippen molar-refractivity contribution in [2.75, 3.05) is 7.11 Å². The van der Waals surface area contributed by atoms with Crippen LogP contribution in [0.5, 0.6) is 11.5 Å². The lowest BCUT2D eigenvalue weighted by atomic mass is 9.95. The molecular weight excluding hydrogens is 280 g/mol. The van der Waals surface area contributed by atoms with Crippen LogP contribution in [0.3, 0.4) is 0 Å². The van der Waals surface area contributed by atoms with Gasteiger partial charge in [0, 0.05) is 17.5 Å². The number of ether oxygens (including phenoxy) is 3. The number of carbonyl (C=O) groups is 1. The van der Waals surface area contributed by atoms with Crippen LogP contribution in [0.15, 0.2) is 6.07 Å². The Balaban J connectivity index is 2.21. The lowest BCUT2D eigenvalue weighted by Crippen LogP contribution is -2.20. The summed E-state index contributed by atoms with van der Waals surface area (Å²) >= 11 is 0. The second-order valence-corrected chi connectivity index (χ2v) is 5.93. The van der Waals surface area contributed by atoms with E-state index >= 15 is 0 Å². The molecule has 0 N–H and O–H groups in total. The molecule has 4 nitrogen and oxygen atoms in total. The van der Waals surface area contributed by atoms with E-state index in [1.54, 1.807) is 7.11 Å². The highest BCUT2D eigenvalue weighted by Gasteiger charge is 2.24. The lowest BCUT2D eigenvalue weighted by Gasteiger charge is -2.26. The van der Waals surface area contributed by atoms with Crippen molar-refractivity contribution in [2.45, 2.75) is 65.6 Å². The third-order valence-electron chi connectivity index (χ3n) is 4.11. The third-order valence-corrected chi connectivity index (χ3v) is 4.11. The van der Waals surface area contributed by atoms with Crippen LogP contribution >= 0.6 is 0 Å². The van der Waals surface area contributed by atoms with Gasteiger partial charge in [0.05, 0.1) is 19.8 Å². The average Bonchev–Trinajstić information content (AvgIpc) is 2.48. The summed E-state index contributed by atoms with van der Waals surface area (Å²) in [6, 6.07) is 1.98. The first kappa shape index (κ1) is 16.8. The second kappa shape index (κ2) is 7.63. The predicted octanol–water partition coefficient (Wildman–Crippen LogP) is 3.95. The molecule has 4 heteroatoms. The molecule has 1 heterocycles. The number of carbonyl (C=O) groups excluding carboxylic acids is 1. The van der Waals surface area contributed by atoms with Crippen LogP contribution in [0.25, 0.3) is 0 Å². The van der Waals surface area contributed by atoms with Crippen LogP contribution in [0, 0.1) is 6.92 Å². The molecule has 0 radical (unpaired) electrons. The minimum atomic E-state index is -0.168. The van der Waals surface area contributed by atoms with Crippen molar-refractivity contribution in [3.8, 4) is 11.5 Å². The molecule has 0 bridgehead atoms. The number of benzene rings is 1. The smallest absolute Gasteiger partial charge is 0.311 e. The molecule has 1 aliphatic rings. The van der Waals surface area contributed by atoms with Gasteiger partial charge in [-0.15, -0.1) is 0 Å². The number of unbranched alkanes of at least 4 members (excludes halogenated alkanes) is 2. The van der Waals surface area contributed by atoms with Crippen LogP contribution in [-0.2, 0) is 22.6 Å². The maximum Gasteiger partial charge on any atom is 0.311 e. The Morgan fingerprint density at radius 1 is 1.41 bits per heavy atom. The monoisotopic (exact) mass is 306 g/mol. The highest BCUT2D eigenvalue weighted by atomic mass is 16.5. The minimum Gasteiger partial charge on any atom is -0.496 e. The topological polar surface area (TPSA) is 44.8 Å². The molecule has 0 aliphatic carbocycles. The molecule has 1 atom stereocenters. The highest BCUT2D eigenvalue weighted by molar-refractivity contribution is 5.73. The van der Waals surface area contributed by atoms with Gasteiger partial charge in [0.25, 0.3) is 0 Å². The number of esters is 1. The summed E-state index contributed by atoms with van der Waals surface area (Å²) in [6.45, 7) is 6.63. The van der Waals surface area contributed by atoms with E-state index in [9.17, 15) is 4.79 Å². The van der Waals surface area contributed by atoms with Gasteiger partial charge in [-0.3, -0.25) is 4.79 Å². The SMILES string of the molecule is CCCCCC(=O)Oc1cc2c(c(OC)c1C)COC(C)C2. The van der Waals surface area contributed by atoms with Crippen molar-refractivity contribution in [1.82, 2.24) is 0 Å². The largest absolute Gasteiger partial charge is 0.496 e. The third kappa shape index (κ3) is 3.80. The molecule has 0 aromatic heterocycles. The lowest BCUT2D eigenvalue weighted by molar-refractivity contribution is -0.134. The molecule has 1 aromatic carbocycles. The van der Waals surface area contributed by atoms with Gasteiger partial charge in [0.15, 0.2) is 0 Å². The van der Waals surface area contributed by atoms with Crippen molar-refractivity contribution < 1.29 is 19.0 Å². The van der Waals surface area contributed by atoms with Crippen molar-refractivity contribution in [1.29, 1.82) is 0 Å². The Morgan fingerprint density at radius 3 is 2.86 bits per heavy atom. The van der Waals surface area contributed by atoms with Crippen molar-refractivity contribution in [3.63, 3.8) is 0 Å². The van der Waals surface area contributed by atoms with Crippen molar-refractivity contribution in [3.05, 3.63) is 22.8 Å². The van der Waals surface area contributed by atoms with Crippen LogP contribution in [0.2, 0.25) is 0 Å². The zero-order valence-electron chi connectivity index (χ0n) is 14.0. The van der Waals surface area contributed by atoms with E-state index in [1.807, 2.05) is 19.9 Å². The van der Waals surface area contributed by atoms with Crippen molar-refractivity contribution >= 4 is 5.97 Å². The average molecular weight is 306 g/mol. The van der Waals surface area contributed by atoms with Crippen LogP contribution in [-0.4, -0.2) is 19.2 Å². The Morgan fingerprint density at radius 2 is 2.18 bits per heavy atom. The first-order valence-electron chi connectivity index (χ1n) is 8.08. The highest BCUT2D eigenvalue weighted by Crippen LogP contribution is 2.38. The normalized spacial score (nSPS) is 17.0. The summed E-state index contributed by atoms with van der Waals surface area (Å²) in [6.07, 6.45) is 4.47. The summed E-state index contributed by atoms with van der Waals surface area (Å²) < 4.78 is 16.8. The van der Waals surface area contributed by atoms with E-state index in [4.69, 9.17) is 14.2 Å². The van der Waals surface area contributed by atoms with E-state index in [0.29, 0.717) is 18.8 Å². The molecule has 22 heavy (non-hydrogen) atoms. The molecule has 0 spiro atoms. The molecule has 2 rings (SSSR count). The molecule has 1 aromatic rings. The summed E-state index contributed by atoms with van der Waals surface area (Å²) in [7, 11) is 1.65. The fourth-order valence-corrected chi connectivity index (χ4v) is 2.85. The Hall–Kier alpha value is -1.55. The maximum atomic E-state index is 12.0. The fourth-order valence-electron chi connectivity index (χ4n) is 2.85. The number of rotatable bonds is 6. The van der Waals surface area contributed by atoms with Crippen LogP contribution in [0.4, 0.5) is 0 Å². The van der Waals surface area contributed by atoms with E-state index in [1.165, 1.54) is 0 Å². The van der Waals surface area contributed by atoms with Crippen LogP contribution in [0.1, 0.15) is 56.2 Å². The van der Waals surface area contributed by atoms with Crippen molar-refractivity contribution in [2.24, 2.45) is 0 Å². The first-order chi connectivity index (χ1) is 10.6. The fraction of sp³-hybridized carbons (Fsp3) is 0.611. The molecule has 0 fully saturated rings. The number of fused-ring (bicyclic) bond motifs is 1. The van der Waals surface area contributed by atoms with Gasteiger partial charge in [-0.1, -0.05) is 19.8 Å². The van der Waals surface area contributed by atoms with Gasteiger partial charge in [0.2, 0.25) is 0 Å². The number of hydrogen-bond donors (Lipinski definition) is 0. The van der Waals surface area contributed by atoms with Gasteiger partial charge in [-0.2, -0.15) is 0 Å². The van der Waals surface area contributed by atoms with Gasteiger partial charge in [-0.05, 0) is 38.3 Å². The van der Waals surface area contributed by atoms with E-state index in [2.05, 4.69) is 6.92 Å². The zero-order valence-corrected chi connectivity index (χ0v) is 14.0. The van der Waals surface area contributed by atoms with E-state index in [-0.39, 0.29) is 12.1 Å². The summed E-state index contributed by atoms with van der Waals surface area (Å²) in [5.41, 5.74) is 3.09. The van der Waals surface area contributed by atoms with Crippen LogP contribution < -0.4 is 9.47 Å². The Labute approximate surface area is 132 Å². The number of hydrogen-bond acceptors (Lipinski definition) is 4. The minimum absolute atomic E-state index is 0.168. The van der Waals surface area contributed by atoms with Gasteiger partial charge in [0.1, 0.15) is 11.5 Å². The Kier molecular flexibility index (Phi) is 5.83. The quantitative estimate of drug-likeness (QED) is 0.453. The molecule has 122 valence electrons. The van der Waals surface area contributed by atoms with Gasteiger partial charge in [-0.25, -0.2) is 0 Å². The zero-order chi connectivity index (χ0) is 16.1. The van der Waals surface area contributed by atoms with Gasteiger partial charge >= 0.3 is 5.97 Å². The second-order valence-electron chi connectivity index (χ2n) is 5.93. The standard InChI is InChI=1S/C18H26O4/c1-5-6-7-8-17(19)22-16-10-14-9-12(2)21-11-15(14)18(20-4)13(16)3/h10,12H,5-9,11H2,1-4H3. The molecule has 0 saturated carbocycles. The van der Waals surface area contributed by atoms with E-state index < -0.39 is 0 Å². The maximum absolute atomic E-state index is 12.0. The van der Waals surface area contributed by atoms with E-state index in [0.717, 1.165) is 48.1 Å². The molecule has 1 aliphatic heterocycles. The predicted molar refractivity (Wildman–Crippen MR) is 85.5 cm³/mol. The first-order valence-corrected chi connectivity index (χ1v) is 8.08.